The molecule has 1 rings (SSSR count). The zero-order valence-electron chi connectivity index (χ0n) is 16.7. The Morgan fingerprint density at radius 1 is 0.957 bits per heavy atom. The summed E-state index contributed by atoms with van der Waals surface area (Å²) in [6.07, 6.45) is 9.48. The van der Waals surface area contributed by atoms with Gasteiger partial charge in [0.15, 0.2) is 0 Å². The van der Waals surface area contributed by atoms with Gasteiger partial charge in [-0.05, 0) is 56.3 Å². The molecule has 0 heterocycles. The highest BCUT2D eigenvalue weighted by Gasteiger charge is 2.40. The van der Waals surface area contributed by atoms with Crippen molar-refractivity contribution >= 4 is 0 Å². The summed E-state index contributed by atoms with van der Waals surface area (Å²) in [4.78, 5) is 0. The van der Waals surface area contributed by atoms with E-state index in [1.165, 1.54) is 44.9 Å². The van der Waals surface area contributed by atoms with E-state index < -0.39 is 0 Å². The fraction of sp³-hybridized carbons (Fsp3) is 1.00. The van der Waals surface area contributed by atoms with Gasteiger partial charge in [-0.15, -0.1) is 0 Å². The van der Waals surface area contributed by atoms with Crippen LogP contribution in [-0.2, 0) is 9.47 Å². The molecule has 0 N–H and O–H groups in total. The highest BCUT2D eigenvalue weighted by molar-refractivity contribution is 4.89. The van der Waals surface area contributed by atoms with Crippen LogP contribution in [0.15, 0.2) is 0 Å². The molecule has 1 fully saturated rings. The second-order valence-electron chi connectivity index (χ2n) is 8.46. The molecular weight excluding hydrogens is 284 g/mol. The van der Waals surface area contributed by atoms with Crippen LogP contribution in [0, 0.1) is 29.1 Å². The van der Waals surface area contributed by atoms with Gasteiger partial charge in [-0.3, -0.25) is 0 Å². The number of hydrogen-bond acceptors (Lipinski definition) is 2. The summed E-state index contributed by atoms with van der Waals surface area (Å²) in [5.74, 6) is 3.10. The molecule has 0 radical (unpaired) electrons. The van der Waals surface area contributed by atoms with E-state index in [1.54, 1.807) is 0 Å². The number of methoxy groups -OCH3 is 1. The minimum absolute atomic E-state index is 0.229. The predicted octanol–water partition coefficient (Wildman–Crippen LogP) is 5.94. The lowest BCUT2D eigenvalue weighted by Gasteiger charge is -2.43. The molecule has 2 heteroatoms. The quantitative estimate of drug-likeness (QED) is 0.467. The molecule has 1 aliphatic carbocycles. The second-order valence-corrected chi connectivity index (χ2v) is 8.46. The van der Waals surface area contributed by atoms with Crippen molar-refractivity contribution < 1.29 is 9.47 Å². The van der Waals surface area contributed by atoms with Gasteiger partial charge in [0, 0.05) is 19.1 Å². The average molecular weight is 327 g/mol. The summed E-state index contributed by atoms with van der Waals surface area (Å²) >= 11 is 0. The molecule has 0 bridgehead atoms. The Hall–Kier alpha value is -0.0800. The van der Waals surface area contributed by atoms with E-state index in [4.69, 9.17) is 9.47 Å². The Morgan fingerprint density at radius 3 is 2.04 bits per heavy atom. The van der Waals surface area contributed by atoms with Crippen LogP contribution in [0.1, 0.15) is 79.6 Å². The zero-order valence-corrected chi connectivity index (χ0v) is 16.7. The third-order valence-corrected chi connectivity index (χ3v) is 6.18. The maximum atomic E-state index is 5.98. The molecule has 0 aliphatic heterocycles. The Balaban J connectivity index is 2.86. The van der Waals surface area contributed by atoms with Crippen molar-refractivity contribution in [3.63, 3.8) is 0 Å². The Labute approximate surface area is 145 Å². The lowest BCUT2D eigenvalue weighted by atomic mass is 9.65. The molecule has 23 heavy (non-hydrogen) atoms. The van der Waals surface area contributed by atoms with Crippen LogP contribution in [0.3, 0.4) is 0 Å². The van der Waals surface area contributed by atoms with E-state index in [0.29, 0.717) is 0 Å². The molecule has 0 amide bonds. The van der Waals surface area contributed by atoms with Crippen LogP contribution >= 0.6 is 0 Å². The molecule has 138 valence electrons. The van der Waals surface area contributed by atoms with Crippen LogP contribution in [-0.4, -0.2) is 26.9 Å². The van der Waals surface area contributed by atoms with E-state index in [0.717, 1.165) is 43.5 Å². The number of ether oxygens (including phenoxy) is 2. The minimum Gasteiger partial charge on any atom is -0.384 e. The van der Waals surface area contributed by atoms with Crippen molar-refractivity contribution in [2.75, 3.05) is 26.9 Å². The van der Waals surface area contributed by atoms with Crippen molar-refractivity contribution in [3.05, 3.63) is 0 Å². The van der Waals surface area contributed by atoms with Crippen LogP contribution in [0.2, 0.25) is 0 Å². The summed E-state index contributed by atoms with van der Waals surface area (Å²) in [5, 5.41) is 0. The smallest absolute Gasteiger partial charge is 0.0547 e. The van der Waals surface area contributed by atoms with Gasteiger partial charge in [0.05, 0.1) is 13.2 Å². The second kappa shape index (κ2) is 10.7. The molecule has 1 saturated carbocycles. The fourth-order valence-corrected chi connectivity index (χ4v) is 4.82. The molecule has 0 aromatic rings. The summed E-state index contributed by atoms with van der Waals surface area (Å²) in [6, 6.07) is 0. The lowest BCUT2D eigenvalue weighted by Crippen LogP contribution is -2.41. The molecule has 0 saturated heterocycles. The standard InChI is InChI=1S/C21H42O2/c1-7-23-16-21(15-22-6,19-11-9-8-10-12-19)14-13-20(17(2)3)18(4)5/h17-20H,7-16H2,1-6H3. The topological polar surface area (TPSA) is 18.5 Å². The normalized spacial score (nSPS) is 19.7. The fourth-order valence-electron chi connectivity index (χ4n) is 4.82. The van der Waals surface area contributed by atoms with Gasteiger partial charge in [0.2, 0.25) is 0 Å². The maximum Gasteiger partial charge on any atom is 0.0547 e. The van der Waals surface area contributed by atoms with Crippen molar-refractivity contribution in [1.29, 1.82) is 0 Å². The van der Waals surface area contributed by atoms with E-state index in [1.807, 2.05) is 7.11 Å². The van der Waals surface area contributed by atoms with E-state index >= 15 is 0 Å². The highest BCUT2D eigenvalue weighted by Crippen LogP contribution is 2.44. The summed E-state index contributed by atoms with van der Waals surface area (Å²) in [6.45, 7) is 14.2. The van der Waals surface area contributed by atoms with Gasteiger partial charge in [0.25, 0.3) is 0 Å². The third kappa shape index (κ3) is 6.38. The van der Waals surface area contributed by atoms with Gasteiger partial charge in [-0.1, -0.05) is 47.0 Å². The Morgan fingerprint density at radius 2 is 1.57 bits per heavy atom. The lowest BCUT2D eigenvalue weighted by molar-refractivity contribution is -0.0612. The van der Waals surface area contributed by atoms with Crippen molar-refractivity contribution in [3.8, 4) is 0 Å². The third-order valence-electron chi connectivity index (χ3n) is 6.18. The zero-order chi connectivity index (χ0) is 17.3. The first-order chi connectivity index (χ1) is 11.0. The van der Waals surface area contributed by atoms with Crippen LogP contribution in [0.25, 0.3) is 0 Å². The molecular formula is C21H42O2. The van der Waals surface area contributed by atoms with Gasteiger partial charge < -0.3 is 9.47 Å². The average Bonchev–Trinajstić information content (AvgIpc) is 2.53. The molecule has 1 atom stereocenters. The van der Waals surface area contributed by atoms with Gasteiger partial charge in [0.1, 0.15) is 0 Å². The van der Waals surface area contributed by atoms with E-state index in [-0.39, 0.29) is 5.41 Å². The van der Waals surface area contributed by atoms with Crippen molar-refractivity contribution in [2.45, 2.75) is 79.6 Å². The molecule has 2 nitrogen and oxygen atoms in total. The van der Waals surface area contributed by atoms with Crippen LogP contribution in [0.5, 0.6) is 0 Å². The molecule has 0 spiro atoms. The predicted molar refractivity (Wildman–Crippen MR) is 99.8 cm³/mol. The molecule has 1 aliphatic rings. The number of hydrogen-bond donors (Lipinski definition) is 0. The van der Waals surface area contributed by atoms with Crippen LogP contribution in [0.4, 0.5) is 0 Å². The first-order valence-electron chi connectivity index (χ1n) is 10.0. The Kier molecular flexibility index (Phi) is 9.77. The molecule has 1 unspecified atom stereocenters. The van der Waals surface area contributed by atoms with Gasteiger partial charge in [-0.2, -0.15) is 0 Å². The molecule has 0 aromatic heterocycles. The first-order valence-corrected chi connectivity index (χ1v) is 10.0. The Bertz CT molecular complexity index is 286. The summed E-state index contributed by atoms with van der Waals surface area (Å²) in [5.41, 5.74) is 0.229. The first kappa shape index (κ1) is 21.0. The van der Waals surface area contributed by atoms with Crippen LogP contribution < -0.4 is 0 Å². The largest absolute Gasteiger partial charge is 0.384 e. The summed E-state index contributed by atoms with van der Waals surface area (Å²) in [7, 11) is 1.87. The van der Waals surface area contributed by atoms with E-state index in [9.17, 15) is 0 Å². The maximum absolute atomic E-state index is 5.98. The highest BCUT2D eigenvalue weighted by atomic mass is 16.5. The van der Waals surface area contributed by atoms with Crippen molar-refractivity contribution in [2.24, 2.45) is 29.1 Å². The SMILES string of the molecule is CCOCC(CCC(C(C)C)C(C)C)(COC)C1CCCCC1. The minimum atomic E-state index is 0.229. The molecule has 0 aromatic carbocycles. The van der Waals surface area contributed by atoms with E-state index in [2.05, 4.69) is 34.6 Å². The number of rotatable bonds is 11. The monoisotopic (exact) mass is 326 g/mol. The summed E-state index contributed by atoms with van der Waals surface area (Å²) < 4.78 is 11.7. The van der Waals surface area contributed by atoms with Gasteiger partial charge in [-0.25, -0.2) is 0 Å². The van der Waals surface area contributed by atoms with Gasteiger partial charge >= 0.3 is 0 Å². The van der Waals surface area contributed by atoms with Crippen molar-refractivity contribution in [1.82, 2.24) is 0 Å².